The maximum absolute atomic E-state index is 13.0. The van der Waals surface area contributed by atoms with Crippen molar-refractivity contribution in [3.05, 3.63) is 59.9 Å². The summed E-state index contributed by atoms with van der Waals surface area (Å²) in [7, 11) is -3.52. The number of para-hydroxylation sites is 1. The summed E-state index contributed by atoms with van der Waals surface area (Å²) in [6.07, 6.45) is 0. The number of benzene rings is 2. The summed E-state index contributed by atoms with van der Waals surface area (Å²) in [5, 5.41) is 4.03. The molecule has 0 bridgehead atoms. The average Bonchev–Trinajstić information content (AvgIpc) is 2.82. The van der Waals surface area contributed by atoms with Crippen LogP contribution in [0.5, 0.6) is 0 Å². The van der Waals surface area contributed by atoms with Gasteiger partial charge >= 0.3 is 0 Å². The molecule has 0 unspecified atom stereocenters. The molecular weight excluding hydrogens is 464 g/mol. The number of rotatable bonds is 8. The molecule has 0 saturated carbocycles. The number of sulfonamides is 1. The minimum Gasteiger partial charge on any atom is -0.368 e. The molecule has 1 amide bonds. The normalized spacial score (nSPS) is 16.5. The topological polar surface area (TPSA) is 122 Å². The molecule has 1 atom stereocenters. The first-order valence-corrected chi connectivity index (χ1v) is 13.2. The van der Waals surface area contributed by atoms with Crippen molar-refractivity contribution in [1.82, 2.24) is 19.2 Å². The number of nitrogens with one attached hydrogen (secondary N) is 1. The SMILES string of the molecule is Cc1cccc(S(=O)(=O)N2CCN(Cc3nc(N[C@H](C(N)=O)C(C)C)c4ccccc4n3)CC2)c1. The number of carbonyl (C=O) groups excluding carboxylic acids is 1. The van der Waals surface area contributed by atoms with Crippen LogP contribution in [-0.2, 0) is 21.4 Å². The molecule has 1 aromatic heterocycles. The largest absolute Gasteiger partial charge is 0.368 e. The monoisotopic (exact) mass is 496 g/mol. The van der Waals surface area contributed by atoms with Gasteiger partial charge in [0.1, 0.15) is 17.7 Å². The van der Waals surface area contributed by atoms with Crippen molar-refractivity contribution in [2.75, 3.05) is 31.5 Å². The van der Waals surface area contributed by atoms with Crippen molar-refractivity contribution < 1.29 is 13.2 Å². The zero-order valence-electron chi connectivity index (χ0n) is 20.3. The Morgan fingerprint density at radius 3 is 2.43 bits per heavy atom. The fourth-order valence-electron chi connectivity index (χ4n) is 4.27. The van der Waals surface area contributed by atoms with Crippen LogP contribution in [0.4, 0.5) is 5.82 Å². The van der Waals surface area contributed by atoms with Gasteiger partial charge in [0.05, 0.1) is 17.0 Å². The Bertz CT molecular complexity index is 1320. The highest BCUT2D eigenvalue weighted by Gasteiger charge is 2.29. The molecule has 9 nitrogen and oxygen atoms in total. The third kappa shape index (κ3) is 5.61. The smallest absolute Gasteiger partial charge is 0.243 e. The zero-order chi connectivity index (χ0) is 25.2. The summed E-state index contributed by atoms with van der Waals surface area (Å²) >= 11 is 0. The maximum Gasteiger partial charge on any atom is 0.243 e. The number of hydrogen-bond donors (Lipinski definition) is 2. The van der Waals surface area contributed by atoms with E-state index in [9.17, 15) is 13.2 Å². The van der Waals surface area contributed by atoms with Gasteiger partial charge in [0, 0.05) is 31.6 Å². The molecule has 0 spiro atoms. The van der Waals surface area contributed by atoms with Crippen LogP contribution in [0.2, 0.25) is 0 Å². The van der Waals surface area contributed by atoms with Crippen molar-refractivity contribution in [2.45, 2.75) is 38.3 Å². The summed E-state index contributed by atoms with van der Waals surface area (Å²) < 4.78 is 27.6. The van der Waals surface area contributed by atoms with Crippen LogP contribution in [0.3, 0.4) is 0 Å². The fraction of sp³-hybridized carbons (Fsp3) is 0.400. The first-order chi connectivity index (χ1) is 16.6. The molecular formula is C25H32N6O3S. The third-order valence-electron chi connectivity index (χ3n) is 6.24. The van der Waals surface area contributed by atoms with Crippen molar-refractivity contribution in [3.8, 4) is 0 Å². The van der Waals surface area contributed by atoms with Gasteiger partial charge in [-0.25, -0.2) is 18.4 Å². The standard InChI is InChI=1S/C25H32N6O3S/c1-17(2)23(24(26)32)29-25-20-9-4-5-10-21(20)27-22(28-25)16-30-11-13-31(14-12-30)35(33,34)19-8-6-7-18(3)15-19/h4-10,15,17,23H,11-14,16H2,1-3H3,(H2,26,32)(H,27,28,29)/t23-/m0/s1. The number of piperazine rings is 1. The number of hydrogen-bond acceptors (Lipinski definition) is 7. The van der Waals surface area contributed by atoms with Gasteiger partial charge in [-0.2, -0.15) is 4.31 Å². The molecule has 1 fully saturated rings. The second-order valence-corrected chi connectivity index (χ2v) is 11.2. The average molecular weight is 497 g/mol. The zero-order valence-corrected chi connectivity index (χ0v) is 21.1. The van der Waals surface area contributed by atoms with Gasteiger partial charge in [0.15, 0.2) is 0 Å². The Labute approximate surface area is 206 Å². The van der Waals surface area contributed by atoms with E-state index in [1.54, 1.807) is 18.2 Å². The summed E-state index contributed by atoms with van der Waals surface area (Å²) in [6, 6.07) is 14.1. The van der Waals surface area contributed by atoms with E-state index >= 15 is 0 Å². The Morgan fingerprint density at radius 1 is 1.06 bits per heavy atom. The predicted molar refractivity (Wildman–Crippen MR) is 136 cm³/mol. The van der Waals surface area contributed by atoms with E-state index in [0.29, 0.717) is 49.3 Å². The number of nitrogens with two attached hydrogens (primary N) is 1. The molecule has 0 aliphatic carbocycles. The maximum atomic E-state index is 13.0. The lowest BCUT2D eigenvalue weighted by Crippen LogP contribution is -2.48. The highest BCUT2D eigenvalue weighted by Crippen LogP contribution is 2.24. The van der Waals surface area contributed by atoms with Gasteiger partial charge in [-0.15, -0.1) is 0 Å². The molecule has 3 N–H and O–H groups in total. The van der Waals surface area contributed by atoms with Crippen molar-refractivity contribution in [1.29, 1.82) is 0 Å². The minimum atomic E-state index is -3.52. The first-order valence-electron chi connectivity index (χ1n) is 11.8. The number of aryl methyl sites for hydroxylation is 1. The molecule has 2 aromatic carbocycles. The van der Waals surface area contributed by atoms with E-state index in [1.165, 1.54) is 4.31 Å². The van der Waals surface area contributed by atoms with Crippen molar-refractivity contribution in [3.63, 3.8) is 0 Å². The van der Waals surface area contributed by atoms with Gasteiger partial charge in [-0.05, 0) is 42.7 Å². The van der Waals surface area contributed by atoms with Crippen LogP contribution >= 0.6 is 0 Å². The number of primary amides is 1. The summed E-state index contributed by atoms with van der Waals surface area (Å²) in [6.45, 7) is 8.14. The molecule has 4 rings (SSSR count). The van der Waals surface area contributed by atoms with Crippen LogP contribution in [-0.4, -0.2) is 65.7 Å². The molecule has 3 aromatic rings. The fourth-order valence-corrected chi connectivity index (χ4v) is 5.80. The van der Waals surface area contributed by atoms with Crippen molar-refractivity contribution >= 4 is 32.7 Å². The second-order valence-electron chi connectivity index (χ2n) is 9.27. The van der Waals surface area contributed by atoms with E-state index in [4.69, 9.17) is 15.7 Å². The van der Waals surface area contributed by atoms with E-state index in [1.807, 2.05) is 51.1 Å². The Kier molecular flexibility index (Phi) is 7.34. The predicted octanol–water partition coefficient (Wildman–Crippen LogP) is 2.37. The number of fused-ring (bicyclic) bond motifs is 1. The van der Waals surface area contributed by atoms with Gasteiger partial charge in [-0.3, -0.25) is 9.69 Å². The number of anilines is 1. The molecule has 1 aliphatic rings. The van der Waals surface area contributed by atoms with E-state index < -0.39 is 22.0 Å². The Hall–Kier alpha value is -3.08. The van der Waals surface area contributed by atoms with Crippen LogP contribution < -0.4 is 11.1 Å². The summed E-state index contributed by atoms with van der Waals surface area (Å²) in [5.74, 6) is 0.736. The molecule has 1 saturated heterocycles. The lowest BCUT2D eigenvalue weighted by molar-refractivity contribution is -0.119. The highest BCUT2D eigenvalue weighted by atomic mass is 32.2. The number of carbonyl (C=O) groups is 1. The van der Waals surface area contributed by atoms with E-state index in [0.717, 1.165) is 16.5 Å². The molecule has 10 heteroatoms. The van der Waals surface area contributed by atoms with Gasteiger partial charge < -0.3 is 11.1 Å². The third-order valence-corrected chi connectivity index (χ3v) is 8.13. The lowest BCUT2D eigenvalue weighted by Gasteiger charge is -2.33. The Balaban J connectivity index is 1.50. The quantitative estimate of drug-likeness (QED) is 0.491. The lowest BCUT2D eigenvalue weighted by atomic mass is 10.0. The van der Waals surface area contributed by atoms with Gasteiger partial charge in [-0.1, -0.05) is 38.1 Å². The van der Waals surface area contributed by atoms with E-state index in [2.05, 4.69) is 10.2 Å². The molecule has 0 radical (unpaired) electrons. The highest BCUT2D eigenvalue weighted by molar-refractivity contribution is 7.89. The van der Waals surface area contributed by atoms with Crippen LogP contribution in [0.1, 0.15) is 25.2 Å². The number of aromatic nitrogens is 2. The molecule has 35 heavy (non-hydrogen) atoms. The van der Waals surface area contributed by atoms with E-state index in [-0.39, 0.29) is 5.92 Å². The number of amides is 1. The Morgan fingerprint density at radius 2 is 1.77 bits per heavy atom. The van der Waals surface area contributed by atoms with Crippen LogP contribution in [0.15, 0.2) is 53.4 Å². The van der Waals surface area contributed by atoms with Crippen LogP contribution in [0.25, 0.3) is 10.9 Å². The summed E-state index contributed by atoms with van der Waals surface area (Å²) in [5.41, 5.74) is 7.29. The molecule has 186 valence electrons. The molecule has 1 aliphatic heterocycles. The number of nitrogens with zero attached hydrogens (tertiary/aromatic N) is 4. The van der Waals surface area contributed by atoms with Gasteiger partial charge in [0.25, 0.3) is 0 Å². The van der Waals surface area contributed by atoms with Gasteiger partial charge in [0.2, 0.25) is 15.9 Å². The minimum absolute atomic E-state index is 0.00638. The second kappa shape index (κ2) is 10.3. The first kappa shape index (κ1) is 25.0. The van der Waals surface area contributed by atoms with Crippen LogP contribution in [0, 0.1) is 12.8 Å². The molecule has 2 heterocycles. The summed E-state index contributed by atoms with van der Waals surface area (Å²) in [4.78, 5) is 23.9. The van der Waals surface area contributed by atoms with Crippen molar-refractivity contribution in [2.24, 2.45) is 11.7 Å².